The minimum atomic E-state index is -0.912. The Hall–Kier alpha value is -2.68. The quantitative estimate of drug-likeness (QED) is 0.896. The smallest absolute Gasteiger partial charge is 0.307 e. The summed E-state index contributed by atoms with van der Waals surface area (Å²) >= 11 is 0. The van der Waals surface area contributed by atoms with Gasteiger partial charge in [0.1, 0.15) is 5.82 Å². The predicted octanol–water partition coefficient (Wildman–Crippen LogP) is 4.63. The zero-order chi connectivity index (χ0) is 15.7. The van der Waals surface area contributed by atoms with E-state index >= 15 is 0 Å². The van der Waals surface area contributed by atoms with Crippen LogP contribution >= 0.6 is 0 Å². The van der Waals surface area contributed by atoms with E-state index in [1.165, 1.54) is 12.1 Å². The third-order valence-electron chi connectivity index (χ3n) is 3.89. The van der Waals surface area contributed by atoms with Crippen molar-refractivity contribution in [3.8, 4) is 0 Å². The molecule has 110 valence electrons. The Morgan fingerprint density at radius 3 is 2.55 bits per heavy atom. The zero-order valence-corrected chi connectivity index (χ0v) is 12.1. The van der Waals surface area contributed by atoms with Crippen molar-refractivity contribution in [3.05, 3.63) is 76.6 Å². The van der Waals surface area contributed by atoms with Gasteiger partial charge in [-0.1, -0.05) is 36.4 Å². The van der Waals surface area contributed by atoms with Gasteiger partial charge in [0, 0.05) is 0 Å². The number of carboxylic acids is 1. The second kappa shape index (κ2) is 5.60. The summed E-state index contributed by atoms with van der Waals surface area (Å²) in [6.07, 6.45) is 1.91. The van der Waals surface area contributed by atoms with E-state index in [0.29, 0.717) is 11.1 Å². The summed E-state index contributed by atoms with van der Waals surface area (Å²) in [6.45, 7) is 1.89. The Kier molecular flexibility index (Phi) is 3.63. The Balaban J connectivity index is 2.17. The monoisotopic (exact) mass is 294 g/mol. The van der Waals surface area contributed by atoms with E-state index in [-0.39, 0.29) is 12.2 Å². The zero-order valence-electron chi connectivity index (χ0n) is 12.1. The molecule has 0 heterocycles. The summed E-state index contributed by atoms with van der Waals surface area (Å²) in [7, 11) is 0. The van der Waals surface area contributed by atoms with E-state index in [0.717, 1.165) is 22.3 Å². The summed E-state index contributed by atoms with van der Waals surface area (Å²) in [5, 5.41) is 9.12. The van der Waals surface area contributed by atoms with Crippen molar-refractivity contribution in [1.29, 1.82) is 0 Å². The number of rotatable bonds is 3. The van der Waals surface area contributed by atoms with Crippen LogP contribution in [0, 0.1) is 5.82 Å². The van der Waals surface area contributed by atoms with Crippen LogP contribution in [0.25, 0.3) is 17.2 Å². The van der Waals surface area contributed by atoms with Crippen molar-refractivity contribution in [3.63, 3.8) is 0 Å². The summed E-state index contributed by atoms with van der Waals surface area (Å²) < 4.78 is 13.6. The lowest BCUT2D eigenvalue weighted by Crippen LogP contribution is -1.97. The highest BCUT2D eigenvalue weighted by Gasteiger charge is 2.25. The van der Waals surface area contributed by atoms with Gasteiger partial charge in [-0.3, -0.25) is 4.79 Å². The first-order chi connectivity index (χ1) is 10.6. The first kappa shape index (κ1) is 14.3. The molecule has 1 aliphatic carbocycles. The summed E-state index contributed by atoms with van der Waals surface area (Å²) in [4.78, 5) is 11.1. The molecule has 3 rings (SSSR count). The molecule has 22 heavy (non-hydrogen) atoms. The molecule has 0 saturated heterocycles. The second-order valence-corrected chi connectivity index (χ2v) is 5.33. The Morgan fingerprint density at radius 2 is 1.86 bits per heavy atom. The highest BCUT2D eigenvalue weighted by molar-refractivity contribution is 6.07. The maximum atomic E-state index is 13.6. The molecule has 0 aromatic heterocycles. The highest BCUT2D eigenvalue weighted by atomic mass is 19.1. The summed E-state index contributed by atoms with van der Waals surface area (Å²) in [5.74, 6) is -1.26. The van der Waals surface area contributed by atoms with Crippen molar-refractivity contribution >= 4 is 23.2 Å². The van der Waals surface area contributed by atoms with Gasteiger partial charge in [0.05, 0.1) is 6.42 Å². The number of aliphatic carboxylic acids is 1. The molecule has 2 aromatic carbocycles. The van der Waals surface area contributed by atoms with Crippen LogP contribution in [0.3, 0.4) is 0 Å². The Labute approximate surface area is 128 Å². The van der Waals surface area contributed by atoms with Crippen LogP contribution in [-0.4, -0.2) is 11.1 Å². The van der Waals surface area contributed by atoms with Crippen LogP contribution in [0.2, 0.25) is 0 Å². The fourth-order valence-electron chi connectivity index (χ4n) is 2.85. The lowest BCUT2D eigenvalue weighted by atomic mass is 10.0. The van der Waals surface area contributed by atoms with Gasteiger partial charge in [0.25, 0.3) is 0 Å². The maximum Gasteiger partial charge on any atom is 0.307 e. The lowest BCUT2D eigenvalue weighted by Gasteiger charge is -2.04. The molecule has 1 aliphatic rings. The molecule has 0 atom stereocenters. The number of halogens is 1. The largest absolute Gasteiger partial charge is 0.481 e. The fraction of sp³-hybridized carbons (Fsp3) is 0.105. The normalized spacial score (nSPS) is 15.3. The number of allylic oxidation sites excluding steroid dienone is 2. The van der Waals surface area contributed by atoms with Crippen molar-refractivity contribution < 1.29 is 14.3 Å². The summed E-state index contributed by atoms with van der Waals surface area (Å²) in [6, 6.07) is 14.4. The second-order valence-electron chi connectivity index (χ2n) is 5.33. The lowest BCUT2D eigenvalue weighted by molar-refractivity contribution is -0.135. The number of benzene rings is 2. The number of fused-ring (bicyclic) bond motifs is 1. The molecule has 3 heteroatoms. The van der Waals surface area contributed by atoms with Gasteiger partial charge in [0.2, 0.25) is 0 Å². The van der Waals surface area contributed by atoms with Gasteiger partial charge in [-0.15, -0.1) is 0 Å². The van der Waals surface area contributed by atoms with Crippen molar-refractivity contribution in [2.24, 2.45) is 0 Å². The Bertz CT molecular complexity index is 801. The first-order valence-electron chi connectivity index (χ1n) is 7.05. The molecule has 0 fully saturated rings. The SMILES string of the molecule is CC1=C(CC(=O)O)c2cc(F)ccc2/C1=C/c1ccccc1. The van der Waals surface area contributed by atoms with Gasteiger partial charge in [0.15, 0.2) is 0 Å². The van der Waals surface area contributed by atoms with Gasteiger partial charge in [-0.05, 0) is 58.5 Å². The summed E-state index contributed by atoms with van der Waals surface area (Å²) in [5.41, 5.74) is 5.14. The molecular weight excluding hydrogens is 279 g/mol. The van der Waals surface area contributed by atoms with Crippen LogP contribution in [0.4, 0.5) is 4.39 Å². The van der Waals surface area contributed by atoms with E-state index in [1.54, 1.807) is 6.07 Å². The molecule has 2 aromatic rings. The third kappa shape index (κ3) is 2.58. The van der Waals surface area contributed by atoms with Crippen molar-refractivity contribution in [2.75, 3.05) is 0 Å². The van der Waals surface area contributed by atoms with Crippen LogP contribution in [0.15, 0.2) is 54.1 Å². The fourth-order valence-corrected chi connectivity index (χ4v) is 2.85. The third-order valence-corrected chi connectivity index (χ3v) is 3.89. The average Bonchev–Trinajstić information content (AvgIpc) is 2.73. The van der Waals surface area contributed by atoms with E-state index in [9.17, 15) is 9.18 Å². The molecule has 0 unspecified atom stereocenters. The van der Waals surface area contributed by atoms with E-state index in [4.69, 9.17) is 5.11 Å². The number of hydrogen-bond acceptors (Lipinski definition) is 1. The van der Waals surface area contributed by atoms with Crippen LogP contribution < -0.4 is 0 Å². The molecule has 0 bridgehead atoms. The predicted molar refractivity (Wildman–Crippen MR) is 85.6 cm³/mol. The van der Waals surface area contributed by atoms with Crippen LogP contribution in [0.1, 0.15) is 30.0 Å². The van der Waals surface area contributed by atoms with Crippen LogP contribution in [0.5, 0.6) is 0 Å². The van der Waals surface area contributed by atoms with E-state index in [2.05, 4.69) is 0 Å². The maximum absolute atomic E-state index is 13.6. The van der Waals surface area contributed by atoms with Gasteiger partial charge in [-0.2, -0.15) is 0 Å². The number of hydrogen-bond donors (Lipinski definition) is 1. The average molecular weight is 294 g/mol. The Morgan fingerprint density at radius 1 is 1.14 bits per heavy atom. The van der Waals surface area contributed by atoms with Gasteiger partial charge in [-0.25, -0.2) is 4.39 Å². The highest BCUT2D eigenvalue weighted by Crippen LogP contribution is 2.43. The van der Waals surface area contributed by atoms with Crippen molar-refractivity contribution in [1.82, 2.24) is 0 Å². The molecule has 1 N–H and O–H groups in total. The first-order valence-corrected chi connectivity index (χ1v) is 7.05. The molecule has 0 saturated carbocycles. The molecule has 0 radical (unpaired) electrons. The van der Waals surface area contributed by atoms with E-state index in [1.807, 2.05) is 43.3 Å². The molecule has 0 amide bonds. The molecule has 0 spiro atoms. The minimum absolute atomic E-state index is 0.103. The minimum Gasteiger partial charge on any atom is -0.481 e. The standard InChI is InChI=1S/C19H15FO2/c1-12-16(9-13-5-3-2-4-6-13)15-8-7-14(20)10-18(15)17(12)11-19(21)22/h2-10H,11H2,1H3,(H,21,22)/b16-9+. The van der Waals surface area contributed by atoms with Crippen molar-refractivity contribution in [2.45, 2.75) is 13.3 Å². The molecular formula is C19H15FO2. The van der Waals surface area contributed by atoms with Gasteiger partial charge < -0.3 is 5.11 Å². The number of carboxylic acid groups (broad SMARTS) is 1. The van der Waals surface area contributed by atoms with E-state index < -0.39 is 5.97 Å². The molecule has 2 nitrogen and oxygen atoms in total. The van der Waals surface area contributed by atoms with Crippen LogP contribution in [-0.2, 0) is 4.79 Å². The topological polar surface area (TPSA) is 37.3 Å². The van der Waals surface area contributed by atoms with Gasteiger partial charge >= 0.3 is 5.97 Å². The number of carbonyl (C=O) groups is 1. The molecule has 0 aliphatic heterocycles.